The summed E-state index contributed by atoms with van der Waals surface area (Å²) in [6.45, 7) is 4.59. The second kappa shape index (κ2) is 6.80. The number of ether oxygens (including phenoxy) is 3. The minimum atomic E-state index is -0.469. The van der Waals surface area contributed by atoms with Crippen molar-refractivity contribution in [2.45, 2.75) is 13.8 Å². The van der Waals surface area contributed by atoms with Crippen LogP contribution in [0.15, 0.2) is 6.33 Å². The van der Waals surface area contributed by atoms with Crippen molar-refractivity contribution < 1.29 is 19.0 Å². The molecule has 0 aliphatic heterocycles. The summed E-state index contributed by atoms with van der Waals surface area (Å²) in [5.41, 5.74) is 0.802. The molecule has 6 nitrogen and oxygen atoms in total. The van der Waals surface area contributed by atoms with Crippen LogP contribution in [0.1, 0.15) is 23.0 Å². The van der Waals surface area contributed by atoms with E-state index in [2.05, 4.69) is 9.97 Å². The van der Waals surface area contributed by atoms with Crippen molar-refractivity contribution >= 4 is 5.97 Å². The number of hydrogen-bond acceptors (Lipinski definition) is 6. The molecule has 0 fully saturated rings. The number of nitrogens with zero attached hydrogens (tertiary/aromatic N) is 2. The molecule has 0 aromatic carbocycles. The van der Waals surface area contributed by atoms with Crippen molar-refractivity contribution in [2.75, 3.05) is 26.9 Å². The number of rotatable bonds is 6. The molecule has 0 bridgehead atoms. The summed E-state index contributed by atoms with van der Waals surface area (Å²) in [6.07, 6.45) is 1.28. The van der Waals surface area contributed by atoms with E-state index in [-0.39, 0.29) is 5.69 Å². The standard InChI is InChI=1S/C11H16N2O4/c1-4-16-11(14)9-8(2)10(13-7-12-9)17-6-5-15-3/h7H,4-6H2,1-3H3. The van der Waals surface area contributed by atoms with Crippen LogP contribution in [-0.2, 0) is 9.47 Å². The molecule has 0 aliphatic rings. The second-order valence-electron chi connectivity index (χ2n) is 3.21. The van der Waals surface area contributed by atoms with Gasteiger partial charge in [0.25, 0.3) is 0 Å². The molecule has 0 amide bonds. The molecule has 0 saturated heterocycles. The van der Waals surface area contributed by atoms with Gasteiger partial charge >= 0.3 is 5.97 Å². The Balaban J connectivity index is 2.79. The van der Waals surface area contributed by atoms with E-state index in [4.69, 9.17) is 14.2 Å². The minimum Gasteiger partial charge on any atom is -0.475 e. The lowest BCUT2D eigenvalue weighted by molar-refractivity contribution is 0.0517. The van der Waals surface area contributed by atoms with Crippen LogP contribution in [0.4, 0.5) is 0 Å². The van der Waals surface area contributed by atoms with Gasteiger partial charge in [-0.25, -0.2) is 14.8 Å². The smallest absolute Gasteiger partial charge is 0.357 e. The average molecular weight is 240 g/mol. The molecule has 1 aromatic heterocycles. The molecule has 0 unspecified atom stereocenters. The molecule has 0 saturated carbocycles. The molecule has 0 N–H and O–H groups in total. The lowest BCUT2D eigenvalue weighted by atomic mass is 10.2. The second-order valence-corrected chi connectivity index (χ2v) is 3.21. The average Bonchev–Trinajstić information content (AvgIpc) is 2.32. The van der Waals surface area contributed by atoms with Gasteiger partial charge in [0.2, 0.25) is 5.88 Å². The molecule has 0 spiro atoms. The van der Waals surface area contributed by atoms with Crippen LogP contribution in [0.3, 0.4) is 0 Å². The van der Waals surface area contributed by atoms with Crippen LogP contribution in [-0.4, -0.2) is 42.9 Å². The molecule has 1 rings (SSSR count). The van der Waals surface area contributed by atoms with Gasteiger partial charge < -0.3 is 14.2 Å². The Labute approximate surface area is 99.9 Å². The van der Waals surface area contributed by atoms with Gasteiger partial charge in [-0.15, -0.1) is 0 Å². The summed E-state index contributed by atoms with van der Waals surface area (Å²) >= 11 is 0. The first-order valence-electron chi connectivity index (χ1n) is 5.31. The highest BCUT2D eigenvalue weighted by molar-refractivity contribution is 5.89. The predicted molar refractivity (Wildman–Crippen MR) is 60.1 cm³/mol. The first kappa shape index (κ1) is 13.4. The molecular weight excluding hydrogens is 224 g/mol. The zero-order chi connectivity index (χ0) is 12.7. The highest BCUT2D eigenvalue weighted by Gasteiger charge is 2.16. The maximum atomic E-state index is 11.6. The van der Waals surface area contributed by atoms with Crippen LogP contribution >= 0.6 is 0 Å². The molecule has 0 atom stereocenters. The van der Waals surface area contributed by atoms with Gasteiger partial charge in [0.15, 0.2) is 5.69 Å². The quantitative estimate of drug-likeness (QED) is 0.545. The van der Waals surface area contributed by atoms with Gasteiger partial charge in [-0.2, -0.15) is 0 Å². The minimum absolute atomic E-state index is 0.231. The molecule has 17 heavy (non-hydrogen) atoms. The topological polar surface area (TPSA) is 70.5 Å². The number of aromatic nitrogens is 2. The van der Waals surface area contributed by atoms with Crippen molar-refractivity contribution in [1.29, 1.82) is 0 Å². The van der Waals surface area contributed by atoms with Crippen molar-refractivity contribution in [3.8, 4) is 5.88 Å². The van der Waals surface area contributed by atoms with Crippen LogP contribution in [0.25, 0.3) is 0 Å². The molecule has 94 valence electrons. The number of carbonyl (C=O) groups excluding carboxylic acids is 1. The van der Waals surface area contributed by atoms with Crippen LogP contribution in [0, 0.1) is 6.92 Å². The summed E-state index contributed by atoms with van der Waals surface area (Å²) in [6, 6.07) is 0. The van der Waals surface area contributed by atoms with Crippen LogP contribution in [0.5, 0.6) is 5.88 Å². The predicted octanol–water partition coefficient (Wildman–Crippen LogP) is 0.987. The third-order valence-corrected chi connectivity index (χ3v) is 2.03. The summed E-state index contributed by atoms with van der Waals surface area (Å²) < 4.78 is 15.1. The molecular formula is C11H16N2O4. The normalized spacial score (nSPS) is 10.1. The summed E-state index contributed by atoms with van der Waals surface area (Å²) in [5, 5.41) is 0. The monoisotopic (exact) mass is 240 g/mol. The molecule has 0 aliphatic carbocycles. The van der Waals surface area contributed by atoms with Gasteiger partial charge in [-0.3, -0.25) is 0 Å². The number of methoxy groups -OCH3 is 1. The number of esters is 1. The summed E-state index contributed by atoms with van der Waals surface area (Å²) in [5.74, 6) is -0.0934. The SMILES string of the molecule is CCOC(=O)c1ncnc(OCCOC)c1C. The zero-order valence-electron chi connectivity index (χ0n) is 10.2. The van der Waals surface area contributed by atoms with Gasteiger partial charge in [0.05, 0.1) is 13.2 Å². The highest BCUT2D eigenvalue weighted by Crippen LogP contribution is 2.16. The number of hydrogen-bond donors (Lipinski definition) is 0. The summed E-state index contributed by atoms with van der Waals surface area (Å²) in [7, 11) is 1.58. The van der Waals surface area contributed by atoms with Gasteiger partial charge in [0, 0.05) is 12.7 Å². The van der Waals surface area contributed by atoms with E-state index in [9.17, 15) is 4.79 Å². The van der Waals surface area contributed by atoms with Crippen LogP contribution in [0.2, 0.25) is 0 Å². The van der Waals surface area contributed by atoms with Gasteiger partial charge in [0.1, 0.15) is 12.9 Å². The lowest BCUT2D eigenvalue weighted by Gasteiger charge is -2.09. The van der Waals surface area contributed by atoms with Crippen molar-refractivity contribution in [1.82, 2.24) is 9.97 Å². The van der Waals surface area contributed by atoms with E-state index >= 15 is 0 Å². The molecule has 1 heterocycles. The Kier molecular flexibility index (Phi) is 5.35. The fourth-order valence-corrected chi connectivity index (χ4v) is 1.21. The van der Waals surface area contributed by atoms with Crippen molar-refractivity contribution in [2.24, 2.45) is 0 Å². The maximum absolute atomic E-state index is 11.6. The van der Waals surface area contributed by atoms with Crippen molar-refractivity contribution in [3.63, 3.8) is 0 Å². The maximum Gasteiger partial charge on any atom is 0.357 e. The third kappa shape index (κ3) is 3.67. The fourth-order valence-electron chi connectivity index (χ4n) is 1.21. The molecule has 1 aromatic rings. The van der Waals surface area contributed by atoms with E-state index in [0.29, 0.717) is 31.3 Å². The lowest BCUT2D eigenvalue weighted by Crippen LogP contribution is -2.13. The Bertz CT molecular complexity index is 382. The Morgan fingerprint density at radius 3 is 2.76 bits per heavy atom. The van der Waals surface area contributed by atoms with Gasteiger partial charge in [-0.05, 0) is 13.8 Å². The highest BCUT2D eigenvalue weighted by atomic mass is 16.5. The molecule has 0 radical (unpaired) electrons. The van der Waals surface area contributed by atoms with Crippen molar-refractivity contribution in [3.05, 3.63) is 17.6 Å². The van der Waals surface area contributed by atoms with E-state index in [1.54, 1.807) is 21.0 Å². The fraction of sp³-hybridized carbons (Fsp3) is 0.545. The third-order valence-electron chi connectivity index (χ3n) is 2.03. The van der Waals surface area contributed by atoms with E-state index < -0.39 is 5.97 Å². The zero-order valence-corrected chi connectivity index (χ0v) is 10.2. The largest absolute Gasteiger partial charge is 0.475 e. The Hall–Kier alpha value is -1.69. The number of carbonyl (C=O) groups is 1. The first-order chi connectivity index (χ1) is 8.20. The summed E-state index contributed by atoms with van der Waals surface area (Å²) in [4.78, 5) is 19.4. The molecule has 6 heteroatoms. The Morgan fingerprint density at radius 2 is 2.12 bits per heavy atom. The Morgan fingerprint density at radius 1 is 1.35 bits per heavy atom. The van der Waals surface area contributed by atoms with E-state index in [1.165, 1.54) is 6.33 Å². The van der Waals surface area contributed by atoms with Gasteiger partial charge in [-0.1, -0.05) is 0 Å². The van der Waals surface area contributed by atoms with E-state index in [1.807, 2.05) is 0 Å². The van der Waals surface area contributed by atoms with E-state index in [0.717, 1.165) is 0 Å². The van der Waals surface area contributed by atoms with Crippen LogP contribution < -0.4 is 4.74 Å². The first-order valence-corrected chi connectivity index (χ1v) is 5.31.